The molecular weight excluding hydrogens is 232 g/mol. The predicted octanol–water partition coefficient (Wildman–Crippen LogP) is 0.771. The molecule has 0 saturated heterocycles. The van der Waals surface area contributed by atoms with Gasteiger partial charge in [0.15, 0.2) is 0 Å². The summed E-state index contributed by atoms with van der Waals surface area (Å²) in [6.45, 7) is 1.34. The Morgan fingerprint density at radius 1 is 1.33 bits per heavy atom. The Morgan fingerprint density at radius 2 is 2.06 bits per heavy atom. The van der Waals surface area contributed by atoms with E-state index < -0.39 is 0 Å². The first-order valence-electron chi connectivity index (χ1n) is 5.82. The van der Waals surface area contributed by atoms with Gasteiger partial charge < -0.3 is 20.1 Å². The Bertz CT molecular complexity index is 382. The van der Waals surface area contributed by atoms with Crippen LogP contribution in [0.5, 0.6) is 0 Å². The fourth-order valence-corrected chi connectivity index (χ4v) is 1.54. The van der Waals surface area contributed by atoms with E-state index in [1.807, 2.05) is 24.3 Å². The summed E-state index contributed by atoms with van der Waals surface area (Å²) in [5.74, 6) is -0.105. The zero-order valence-corrected chi connectivity index (χ0v) is 10.9. The third-order valence-corrected chi connectivity index (χ3v) is 2.60. The minimum absolute atomic E-state index is 0.0404. The van der Waals surface area contributed by atoms with Gasteiger partial charge >= 0.3 is 0 Å². The topological polar surface area (TPSA) is 64.8 Å². The number of nitrogens with two attached hydrogens (primary N) is 1. The first kappa shape index (κ1) is 14.6. The number of anilines is 1. The molecule has 0 unspecified atom stereocenters. The molecule has 0 spiro atoms. The first-order chi connectivity index (χ1) is 8.70. The molecule has 0 aromatic heterocycles. The van der Waals surface area contributed by atoms with Crippen LogP contribution in [0.3, 0.4) is 0 Å². The van der Waals surface area contributed by atoms with Gasteiger partial charge in [0.1, 0.15) is 6.61 Å². The second-order valence-corrected chi connectivity index (χ2v) is 3.83. The highest BCUT2D eigenvalue weighted by atomic mass is 16.5. The van der Waals surface area contributed by atoms with Gasteiger partial charge in [-0.05, 0) is 11.6 Å². The molecule has 18 heavy (non-hydrogen) atoms. The average molecular weight is 252 g/mol. The molecule has 0 saturated carbocycles. The second kappa shape index (κ2) is 7.81. The predicted molar refractivity (Wildman–Crippen MR) is 70.4 cm³/mol. The van der Waals surface area contributed by atoms with Crippen molar-refractivity contribution in [3.05, 3.63) is 29.8 Å². The zero-order valence-electron chi connectivity index (χ0n) is 10.9. The molecule has 1 amide bonds. The van der Waals surface area contributed by atoms with Crippen molar-refractivity contribution < 1.29 is 14.3 Å². The monoisotopic (exact) mass is 252 g/mol. The molecule has 0 aliphatic carbocycles. The third-order valence-electron chi connectivity index (χ3n) is 2.60. The van der Waals surface area contributed by atoms with Crippen LogP contribution in [0.25, 0.3) is 0 Å². The van der Waals surface area contributed by atoms with Crippen LogP contribution in [-0.2, 0) is 20.8 Å². The smallest absolute Gasteiger partial charge is 0.252 e. The number of amides is 1. The molecule has 0 bridgehead atoms. The summed E-state index contributed by atoms with van der Waals surface area (Å²) in [5, 5.41) is 0. The van der Waals surface area contributed by atoms with Crippen molar-refractivity contribution in [2.24, 2.45) is 5.73 Å². The average Bonchev–Trinajstić information content (AvgIpc) is 2.42. The standard InChI is InChI=1S/C13H20N2O3/c1-15(13(16)10-18-8-7-17-2)12-6-4-3-5-11(12)9-14/h3-6H,7-10,14H2,1-2H3. The molecule has 0 radical (unpaired) electrons. The van der Waals surface area contributed by atoms with E-state index in [4.69, 9.17) is 15.2 Å². The van der Waals surface area contributed by atoms with Gasteiger partial charge in [-0.1, -0.05) is 18.2 Å². The van der Waals surface area contributed by atoms with Crippen molar-refractivity contribution in [2.75, 3.05) is 38.9 Å². The Labute approximate surface area is 107 Å². The number of carbonyl (C=O) groups is 1. The molecule has 5 heteroatoms. The van der Waals surface area contributed by atoms with Gasteiger partial charge in [-0.15, -0.1) is 0 Å². The van der Waals surface area contributed by atoms with E-state index in [9.17, 15) is 4.79 Å². The van der Waals surface area contributed by atoms with Crippen molar-refractivity contribution in [1.29, 1.82) is 0 Å². The molecule has 0 fully saturated rings. The first-order valence-corrected chi connectivity index (χ1v) is 5.82. The van der Waals surface area contributed by atoms with Crippen LogP contribution in [0, 0.1) is 0 Å². The molecule has 1 aromatic rings. The van der Waals surface area contributed by atoms with E-state index in [0.29, 0.717) is 19.8 Å². The van der Waals surface area contributed by atoms with E-state index >= 15 is 0 Å². The molecular formula is C13H20N2O3. The summed E-state index contributed by atoms with van der Waals surface area (Å²) in [7, 11) is 3.31. The normalized spacial score (nSPS) is 10.4. The number of hydrogen-bond donors (Lipinski definition) is 1. The number of carbonyl (C=O) groups excluding carboxylic acids is 1. The number of hydrogen-bond acceptors (Lipinski definition) is 4. The number of rotatable bonds is 7. The summed E-state index contributed by atoms with van der Waals surface area (Å²) in [6, 6.07) is 7.56. The lowest BCUT2D eigenvalue weighted by atomic mass is 10.1. The van der Waals surface area contributed by atoms with Crippen molar-refractivity contribution in [3.8, 4) is 0 Å². The maximum Gasteiger partial charge on any atom is 0.252 e. The number of ether oxygens (including phenoxy) is 2. The molecule has 0 aliphatic heterocycles. The highest BCUT2D eigenvalue weighted by Gasteiger charge is 2.13. The fraction of sp³-hybridized carbons (Fsp3) is 0.462. The molecule has 5 nitrogen and oxygen atoms in total. The zero-order chi connectivity index (χ0) is 13.4. The summed E-state index contributed by atoms with van der Waals surface area (Å²) >= 11 is 0. The van der Waals surface area contributed by atoms with Gasteiger partial charge in [-0.25, -0.2) is 0 Å². The number of para-hydroxylation sites is 1. The van der Waals surface area contributed by atoms with E-state index in [-0.39, 0.29) is 12.5 Å². The van der Waals surface area contributed by atoms with Crippen LogP contribution in [0.4, 0.5) is 5.69 Å². The number of nitrogens with zero attached hydrogens (tertiary/aromatic N) is 1. The van der Waals surface area contributed by atoms with E-state index in [1.165, 1.54) is 0 Å². The largest absolute Gasteiger partial charge is 0.382 e. The molecule has 1 rings (SSSR count). The van der Waals surface area contributed by atoms with Crippen molar-refractivity contribution >= 4 is 11.6 Å². The lowest BCUT2D eigenvalue weighted by Gasteiger charge is -2.20. The maximum atomic E-state index is 11.9. The van der Waals surface area contributed by atoms with Crippen LogP contribution < -0.4 is 10.6 Å². The van der Waals surface area contributed by atoms with Gasteiger partial charge in [-0.3, -0.25) is 4.79 Å². The van der Waals surface area contributed by atoms with Crippen LogP contribution in [0.1, 0.15) is 5.56 Å². The SMILES string of the molecule is COCCOCC(=O)N(C)c1ccccc1CN. The molecule has 0 heterocycles. The lowest BCUT2D eigenvalue weighted by molar-refractivity contribution is -0.123. The quantitative estimate of drug-likeness (QED) is 0.728. The molecule has 0 aliphatic rings. The van der Waals surface area contributed by atoms with Gasteiger partial charge in [-0.2, -0.15) is 0 Å². The Hall–Kier alpha value is -1.43. The minimum atomic E-state index is -0.105. The Morgan fingerprint density at radius 3 is 2.72 bits per heavy atom. The minimum Gasteiger partial charge on any atom is -0.382 e. The highest BCUT2D eigenvalue weighted by Crippen LogP contribution is 2.18. The van der Waals surface area contributed by atoms with E-state index in [1.54, 1.807) is 19.1 Å². The van der Waals surface area contributed by atoms with Gasteiger partial charge in [0.05, 0.1) is 13.2 Å². The fourth-order valence-electron chi connectivity index (χ4n) is 1.54. The van der Waals surface area contributed by atoms with Gasteiger partial charge in [0, 0.05) is 26.4 Å². The van der Waals surface area contributed by atoms with Crippen LogP contribution in [-0.4, -0.2) is 39.9 Å². The summed E-state index contributed by atoms with van der Waals surface area (Å²) in [5.41, 5.74) is 7.40. The van der Waals surface area contributed by atoms with E-state index in [0.717, 1.165) is 11.3 Å². The number of methoxy groups -OCH3 is 1. The van der Waals surface area contributed by atoms with Crippen LogP contribution >= 0.6 is 0 Å². The summed E-state index contributed by atoms with van der Waals surface area (Å²) in [4.78, 5) is 13.5. The number of likely N-dealkylation sites (N-methyl/N-ethyl adjacent to an activating group) is 1. The lowest BCUT2D eigenvalue weighted by Crippen LogP contribution is -2.31. The highest BCUT2D eigenvalue weighted by molar-refractivity contribution is 5.94. The van der Waals surface area contributed by atoms with Crippen molar-refractivity contribution in [1.82, 2.24) is 0 Å². The van der Waals surface area contributed by atoms with E-state index in [2.05, 4.69) is 0 Å². The molecule has 2 N–H and O–H groups in total. The summed E-state index contributed by atoms with van der Waals surface area (Å²) < 4.78 is 10.0. The second-order valence-electron chi connectivity index (χ2n) is 3.83. The van der Waals surface area contributed by atoms with Gasteiger partial charge in [0.2, 0.25) is 0 Å². The third kappa shape index (κ3) is 4.10. The molecule has 100 valence electrons. The van der Waals surface area contributed by atoms with Crippen LogP contribution in [0.15, 0.2) is 24.3 Å². The van der Waals surface area contributed by atoms with Crippen molar-refractivity contribution in [3.63, 3.8) is 0 Å². The molecule has 1 aromatic carbocycles. The van der Waals surface area contributed by atoms with Crippen molar-refractivity contribution in [2.45, 2.75) is 6.54 Å². The van der Waals surface area contributed by atoms with Crippen LogP contribution in [0.2, 0.25) is 0 Å². The Kier molecular flexibility index (Phi) is 6.35. The summed E-state index contributed by atoms with van der Waals surface area (Å²) in [6.07, 6.45) is 0. The molecule has 0 atom stereocenters. The maximum absolute atomic E-state index is 11.9. The Balaban J connectivity index is 2.57. The number of benzene rings is 1. The van der Waals surface area contributed by atoms with Gasteiger partial charge in [0.25, 0.3) is 5.91 Å².